The van der Waals surface area contributed by atoms with E-state index >= 15 is 0 Å². The number of ether oxygens (including phenoxy) is 2. The third-order valence-electron chi connectivity index (χ3n) is 4.54. The van der Waals surface area contributed by atoms with Crippen molar-refractivity contribution in [2.75, 3.05) is 6.61 Å². The van der Waals surface area contributed by atoms with Gasteiger partial charge in [0.1, 0.15) is 10.8 Å². The predicted octanol–water partition coefficient (Wildman–Crippen LogP) is 4.99. The van der Waals surface area contributed by atoms with E-state index < -0.39 is 23.2 Å². The fourth-order valence-electron chi connectivity index (χ4n) is 2.73. The van der Waals surface area contributed by atoms with Crippen LogP contribution in [-0.2, 0) is 4.74 Å². The highest BCUT2D eigenvalue weighted by atomic mass is 35.5. The molecule has 0 radical (unpaired) electrons. The quantitative estimate of drug-likeness (QED) is 0.476. The van der Waals surface area contributed by atoms with E-state index in [1.165, 1.54) is 29.1 Å². The average Bonchev–Trinajstić information content (AvgIpc) is 3.23. The Kier molecular flexibility index (Phi) is 5.55. The van der Waals surface area contributed by atoms with Gasteiger partial charge in [-0.15, -0.1) is 5.10 Å². The summed E-state index contributed by atoms with van der Waals surface area (Å²) >= 11 is 6.10. The number of esters is 1. The highest BCUT2D eigenvalue weighted by molar-refractivity contribution is 6.32. The van der Waals surface area contributed by atoms with Gasteiger partial charge in [-0.3, -0.25) is 0 Å². The first kappa shape index (κ1) is 21.4. The molecule has 1 saturated carbocycles. The van der Waals surface area contributed by atoms with Gasteiger partial charge in [0.25, 0.3) is 0 Å². The average molecular weight is 432 g/mol. The second-order valence-corrected chi connectivity index (χ2v) is 8.34. The summed E-state index contributed by atoms with van der Waals surface area (Å²) in [4.78, 5) is 16.3. The largest absolute Gasteiger partial charge is 0.477 e. The summed E-state index contributed by atoms with van der Waals surface area (Å²) in [5, 5.41) is 4.09. The molecule has 2 heterocycles. The van der Waals surface area contributed by atoms with Gasteiger partial charge in [0.15, 0.2) is 5.82 Å². The molecule has 0 unspecified atom stereocenters. The number of alkyl halides is 3. The Morgan fingerprint density at radius 1 is 1.24 bits per heavy atom. The van der Waals surface area contributed by atoms with Crippen LogP contribution in [-0.4, -0.2) is 39.1 Å². The van der Waals surface area contributed by atoms with E-state index in [-0.39, 0.29) is 42.5 Å². The number of hydrogen-bond acceptors (Lipinski definition) is 5. The van der Waals surface area contributed by atoms with Crippen LogP contribution in [0.2, 0.25) is 5.15 Å². The van der Waals surface area contributed by atoms with E-state index in [0.717, 1.165) is 0 Å². The number of carbonyl (C=O) groups is 1. The van der Waals surface area contributed by atoms with Gasteiger partial charge in [-0.1, -0.05) is 11.6 Å². The molecule has 0 atom stereocenters. The highest BCUT2D eigenvalue weighted by Gasteiger charge is 2.62. The summed E-state index contributed by atoms with van der Waals surface area (Å²) in [7, 11) is 0. The van der Waals surface area contributed by atoms with Crippen LogP contribution >= 0.6 is 11.6 Å². The minimum Gasteiger partial charge on any atom is -0.477 e. The maximum atomic E-state index is 12.9. The normalized spacial score (nSPS) is 15.8. The fourth-order valence-corrected chi connectivity index (χ4v) is 2.95. The Morgan fingerprint density at radius 3 is 2.48 bits per heavy atom. The lowest BCUT2D eigenvalue weighted by Gasteiger charge is -2.19. The van der Waals surface area contributed by atoms with Crippen molar-refractivity contribution in [2.24, 2.45) is 5.41 Å². The van der Waals surface area contributed by atoms with Crippen LogP contribution in [0.1, 0.15) is 50.4 Å². The minimum absolute atomic E-state index is 0.0458. The van der Waals surface area contributed by atoms with Crippen molar-refractivity contribution in [3.8, 4) is 11.7 Å². The molecule has 0 spiro atoms. The second-order valence-electron chi connectivity index (χ2n) is 7.98. The molecule has 3 rings (SSSR count). The summed E-state index contributed by atoms with van der Waals surface area (Å²) in [6.07, 6.45) is -2.48. The third-order valence-corrected chi connectivity index (χ3v) is 4.83. The third kappa shape index (κ3) is 5.01. The van der Waals surface area contributed by atoms with Crippen LogP contribution in [0, 0.1) is 5.41 Å². The molecule has 0 saturated heterocycles. The summed E-state index contributed by atoms with van der Waals surface area (Å²) in [6.45, 7) is 5.14. The molecule has 29 heavy (non-hydrogen) atoms. The molecule has 1 aliphatic rings. The van der Waals surface area contributed by atoms with Gasteiger partial charge < -0.3 is 9.47 Å². The summed E-state index contributed by atoms with van der Waals surface area (Å²) in [6, 6.07) is 4.52. The number of pyridine rings is 1. The molecule has 2 aromatic heterocycles. The molecule has 158 valence electrons. The predicted molar refractivity (Wildman–Crippen MR) is 99.4 cm³/mol. The summed E-state index contributed by atoms with van der Waals surface area (Å²) in [5.74, 6) is -0.0899. The monoisotopic (exact) mass is 431 g/mol. The lowest BCUT2D eigenvalue weighted by atomic mass is 10.0. The Labute approximate surface area is 171 Å². The Bertz CT molecular complexity index is 902. The smallest absolute Gasteiger partial charge is 0.394 e. The van der Waals surface area contributed by atoms with E-state index in [4.69, 9.17) is 21.1 Å². The second kappa shape index (κ2) is 7.51. The fraction of sp³-hybridized carbons (Fsp3) is 0.526. The Morgan fingerprint density at radius 2 is 1.93 bits per heavy atom. The highest BCUT2D eigenvalue weighted by Crippen LogP contribution is 2.59. The van der Waals surface area contributed by atoms with Gasteiger partial charge in [-0.2, -0.15) is 13.2 Å². The van der Waals surface area contributed by atoms with Crippen LogP contribution in [0.5, 0.6) is 5.88 Å². The standard InChI is InChI=1S/C19H21ClF3N3O3/c1-17(2,3)29-16(27)12-4-5-13(24-15(12)20)26-10-6-14(25-26)28-11-9-18(7-8-18)19(21,22)23/h4-6,10H,7-9,11H2,1-3H3. The Hall–Kier alpha value is -2.29. The SMILES string of the molecule is CC(C)(C)OC(=O)c1ccc(-n2ccc(OCCC3(C(F)(F)F)CC3)n2)nc1Cl. The van der Waals surface area contributed by atoms with Crippen molar-refractivity contribution < 1.29 is 27.4 Å². The van der Waals surface area contributed by atoms with Crippen molar-refractivity contribution >= 4 is 17.6 Å². The molecular formula is C19H21ClF3N3O3. The maximum absolute atomic E-state index is 12.9. The lowest BCUT2D eigenvalue weighted by Crippen LogP contribution is -2.26. The van der Waals surface area contributed by atoms with Gasteiger partial charge in [-0.05, 0) is 52.2 Å². The van der Waals surface area contributed by atoms with E-state index in [1.807, 2.05) is 0 Å². The van der Waals surface area contributed by atoms with Crippen molar-refractivity contribution in [1.29, 1.82) is 0 Å². The molecule has 1 aliphatic carbocycles. The van der Waals surface area contributed by atoms with Crippen LogP contribution in [0.15, 0.2) is 24.4 Å². The topological polar surface area (TPSA) is 66.2 Å². The van der Waals surface area contributed by atoms with Gasteiger partial charge in [0, 0.05) is 12.3 Å². The first-order valence-corrected chi connectivity index (χ1v) is 9.44. The molecule has 6 nitrogen and oxygen atoms in total. The number of halogens is 4. The summed E-state index contributed by atoms with van der Waals surface area (Å²) in [5.41, 5.74) is -2.16. The number of rotatable bonds is 6. The number of carbonyl (C=O) groups excluding carboxylic acids is 1. The first-order valence-electron chi connectivity index (χ1n) is 9.06. The zero-order chi connectivity index (χ0) is 21.4. The van der Waals surface area contributed by atoms with Gasteiger partial charge in [-0.25, -0.2) is 14.5 Å². The van der Waals surface area contributed by atoms with Crippen LogP contribution in [0.25, 0.3) is 5.82 Å². The zero-order valence-corrected chi connectivity index (χ0v) is 17.0. The maximum Gasteiger partial charge on any atom is 0.394 e. The minimum atomic E-state index is -4.20. The molecule has 1 fully saturated rings. The van der Waals surface area contributed by atoms with Crippen molar-refractivity contribution in [3.05, 3.63) is 35.1 Å². The Balaban J connectivity index is 1.63. The number of hydrogen-bond donors (Lipinski definition) is 0. The van der Waals surface area contributed by atoms with Crippen molar-refractivity contribution in [3.63, 3.8) is 0 Å². The van der Waals surface area contributed by atoms with Gasteiger partial charge in [0.2, 0.25) is 5.88 Å². The summed E-state index contributed by atoms with van der Waals surface area (Å²) < 4.78 is 50.8. The molecule has 10 heteroatoms. The zero-order valence-electron chi connectivity index (χ0n) is 16.2. The van der Waals surface area contributed by atoms with E-state index in [0.29, 0.717) is 5.82 Å². The van der Waals surface area contributed by atoms with Gasteiger partial charge in [0.05, 0.1) is 17.6 Å². The molecule has 0 N–H and O–H groups in total. The van der Waals surface area contributed by atoms with Gasteiger partial charge >= 0.3 is 12.1 Å². The molecular weight excluding hydrogens is 411 g/mol. The van der Waals surface area contributed by atoms with Crippen molar-refractivity contribution in [2.45, 2.75) is 51.8 Å². The first-order chi connectivity index (χ1) is 13.4. The molecule has 0 aromatic carbocycles. The molecule has 2 aromatic rings. The lowest BCUT2D eigenvalue weighted by molar-refractivity contribution is -0.190. The number of aromatic nitrogens is 3. The molecule has 0 amide bonds. The van der Waals surface area contributed by atoms with Crippen LogP contribution < -0.4 is 4.74 Å². The van der Waals surface area contributed by atoms with Crippen LogP contribution in [0.4, 0.5) is 13.2 Å². The van der Waals surface area contributed by atoms with E-state index in [2.05, 4.69) is 10.1 Å². The van der Waals surface area contributed by atoms with Crippen molar-refractivity contribution in [1.82, 2.24) is 14.8 Å². The van der Waals surface area contributed by atoms with E-state index in [9.17, 15) is 18.0 Å². The van der Waals surface area contributed by atoms with Crippen LogP contribution in [0.3, 0.4) is 0 Å². The number of nitrogens with zero attached hydrogens (tertiary/aromatic N) is 3. The molecule has 0 bridgehead atoms. The van der Waals surface area contributed by atoms with E-state index in [1.54, 1.807) is 20.8 Å². The molecule has 0 aliphatic heterocycles.